The largest absolute Gasteiger partial charge is 0.368 e. The van der Waals surface area contributed by atoms with Gasteiger partial charge in [0.1, 0.15) is 0 Å². The molecule has 1 aliphatic heterocycles. The molecule has 1 aliphatic rings. The van der Waals surface area contributed by atoms with Gasteiger partial charge in [0.15, 0.2) is 0 Å². The van der Waals surface area contributed by atoms with Crippen LogP contribution in [0.15, 0.2) is 18.2 Å². The lowest BCUT2D eigenvalue weighted by Gasteiger charge is -2.40. The Balaban J connectivity index is 2.13. The maximum atomic E-state index is 3.54. The average Bonchev–Trinajstić information content (AvgIpc) is 2.43. The number of nitrogens with zero attached hydrogens (tertiary/aromatic N) is 2. The molecular weight excluding hydrogens is 246 g/mol. The molecule has 0 aromatic heterocycles. The van der Waals surface area contributed by atoms with E-state index in [2.05, 4.69) is 61.1 Å². The molecule has 0 saturated carbocycles. The monoisotopic (exact) mass is 275 g/mol. The van der Waals surface area contributed by atoms with Gasteiger partial charge >= 0.3 is 0 Å². The van der Waals surface area contributed by atoms with E-state index >= 15 is 0 Å². The molecular formula is C17H29N3. The second-order valence-electron chi connectivity index (χ2n) is 6.08. The molecule has 0 spiro atoms. The van der Waals surface area contributed by atoms with E-state index in [1.54, 1.807) is 0 Å². The van der Waals surface area contributed by atoms with Crippen LogP contribution >= 0.6 is 0 Å². The normalized spacial score (nSPS) is 20.4. The Hall–Kier alpha value is -1.06. The second kappa shape index (κ2) is 7.09. The van der Waals surface area contributed by atoms with E-state index in [1.165, 1.54) is 23.2 Å². The molecule has 2 rings (SSSR count). The van der Waals surface area contributed by atoms with E-state index in [1.807, 2.05) is 0 Å². The van der Waals surface area contributed by atoms with Crippen LogP contribution < -0.4 is 10.2 Å². The highest BCUT2D eigenvalue weighted by atomic mass is 15.3. The number of likely N-dealkylation sites (N-methyl/N-ethyl adjacent to an activating group) is 1. The van der Waals surface area contributed by atoms with Gasteiger partial charge in [0.25, 0.3) is 0 Å². The lowest BCUT2D eigenvalue weighted by molar-refractivity contribution is 0.234. The van der Waals surface area contributed by atoms with Gasteiger partial charge < -0.3 is 15.1 Å². The van der Waals surface area contributed by atoms with Crippen molar-refractivity contribution in [3.05, 3.63) is 29.3 Å². The smallest absolute Gasteiger partial charge is 0.0413 e. The minimum Gasteiger partial charge on any atom is -0.368 e. The lowest BCUT2D eigenvalue weighted by Crippen LogP contribution is -2.50. The molecule has 3 heteroatoms. The van der Waals surface area contributed by atoms with Crippen LogP contribution in [-0.4, -0.2) is 44.2 Å². The Morgan fingerprint density at radius 2 is 2.10 bits per heavy atom. The van der Waals surface area contributed by atoms with Crippen molar-refractivity contribution < 1.29 is 0 Å². The summed E-state index contributed by atoms with van der Waals surface area (Å²) in [5.41, 5.74) is 4.21. The zero-order chi connectivity index (χ0) is 14.5. The Bertz CT molecular complexity index is 430. The quantitative estimate of drug-likeness (QED) is 0.834. The van der Waals surface area contributed by atoms with Crippen LogP contribution in [0.1, 0.15) is 31.4 Å². The minimum absolute atomic E-state index is 0.626. The molecule has 1 aromatic rings. The molecule has 1 unspecified atom stereocenters. The third-order valence-corrected chi connectivity index (χ3v) is 4.28. The van der Waals surface area contributed by atoms with Crippen molar-refractivity contribution >= 4 is 5.69 Å². The highest BCUT2D eigenvalue weighted by Gasteiger charge is 2.22. The fraction of sp³-hybridized carbons (Fsp3) is 0.647. The van der Waals surface area contributed by atoms with Crippen molar-refractivity contribution in [1.82, 2.24) is 10.2 Å². The molecule has 20 heavy (non-hydrogen) atoms. The summed E-state index contributed by atoms with van der Waals surface area (Å²) in [6.07, 6.45) is 1.19. The average molecular weight is 275 g/mol. The fourth-order valence-electron chi connectivity index (χ4n) is 2.83. The topological polar surface area (TPSA) is 18.5 Å². The van der Waals surface area contributed by atoms with Crippen LogP contribution in [-0.2, 0) is 6.54 Å². The van der Waals surface area contributed by atoms with E-state index in [0.29, 0.717) is 6.04 Å². The minimum atomic E-state index is 0.626. The Morgan fingerprint density at radius 3 is 2.80 bits per heavy atom. The van der Waals surface area contributed by atoms with Gasteiger partial charge in [-0.1, -0.05) is 24.6 Å². The summed E-state index contributed by atoms with van der Waals surface area (Å²) in [4.78, 5) is 4.99. The molecule has 0 aliphatic carbocycles. The third-order valence-electron chi connectivity index (χ3n) is 4.28. The number of hydrogen-bond donors (Lipinski definition) is 1. The van der Waals surface area contributed by atoms with Gasteiger partial charge in [-0.05, 0) is 45.5 Å². The van der Waals surface area contributed by atoms with Crippen molar-refractivity contribution in [1.29, 1.82) is 0 Å². The van der Waals surface area contributed by atoms with Crippen LogP contribution in [0.25, 0.3) is 0 Å². The molecule has 0 bridgehead atoms. The Labute approximate surface area is 124 Å². The van der Waals surface area contributed by atoms with Crippen molar-refractivity contribution in [2.24, 2.45) is 0 Å². The summed E-state index contributed by atoms with van der Waals surface area (Å²) < 4.78 is 0. The maximum absolute atomic E-state index is 3.54. The van der Waals surface area contributed by atoms with E-state index in [4.69, 9.17) is 0 Å². The summed E-state index contributed by atoms with van der Waals surface area (Å²) in [6, 6.07) is 7.50. The summed E-state index contributed by atoms with van der Waals surface area (Å²) in [6.45, 7) is 12.2. The highest BCUT2D eigenvalue weighted by Crippen LogP contribution is 2.24. The van der Waals surface area contributed by atoms with Crippen molar-refractivity contribution in [2.75, 3.05) is 38.1 Å². The second-order valence-corrected chi connectivity index (χ2v) is 6.08. The number of hydrogen-bond acceptors (Lipinski definition) is 3. The van der Waals surface area contributed by atoms with E-state index in [0.717, 1.165) is 32.7 Å². The zero-order valence-electron chi connectivity index (χ0n) is 13.4. The van der Waals surface area contributed by atoms with Gasteiger partial charge in [0, 0.05) is 37.9 Å². The first kappa shape index (κ1) is 15.3. The van der Waals surface area contributed by atoms with E-state index < -0.39 is 0 Å². The Kier molecular flexibility index (Phi) is 5.44. The van der Waals surface area contributed by atoms with Gasteiger partial charge in [-0.2, -0.15) is 0 Å². The first-order valence-electron chi connectivity index (χ1n) is 7.87. The molecule has 112 valence electrons. The van der Waals surface area contributed by atoms with Gasteiger partial charge in [-0.3, -0.25) is 0 Å². The number of anilines is 1. The van der Waals surface area contributed by atoms with E-state index in [-0.39, 0.29) is 0 Å². The first-order valence-corrected chi connectivity index (χ1v) is 7.87. The molecule has 1 atom stereocenters. The predicted octanol–water partition coefficient (Wildman–Crippen LogP) is 2.63. The van der Waals surface area contributed by atoms with Crippen LogP contribution in [0, 0.1) is 6.92 Å². The molecule has 0 radical (unpaired) electrons. The molecule has 1 heterocycles. The van der Waals surface area contributed by atoms with Crippen LogP contribution in [0.5, 0.6) is 0 Å². The molecule has 1 aromatic carbocycles. The maximum Gasteiger partial charge on any atom is 0.0413 e. The highest BCUT2D eigenvalue weighted by molar-refractivity contribution is 5.55. The number of aryl methyl sites for hydroxylation is 1. The Morgan fingerprint density at radius 1 is 1.30 bits per heavy atom. The molecule has 3 nitrogen and oxygen atoms in total. The van der Waals surface area contributed by atoms with Gasteiger partial charge in [0.2, 0.25) is 0 Å². The number of rotatable bonds is 5. The SMILES string of the molecule is CCCNCc1cc(C)ccc1N1CCN(C)C(C)C1. The molecule has 1 N–H and O–H groups in total. The first-order chi connectivity index (χ1) is 9.61. The summed E-state index contributed by atoms with van der Waals surface area (Å²) in [5.74, 6) is 0. The molecule has 1 saturated heterocycles. The van der Waals surface area contributed by atoms with Crippen molar-refractivity contribution in [3.63, 3.8) is 0 Å². The van der Waals surface area contributed by atoms with Crippen LogP contribution in [0.4, 0.5) is 5.69 Å². The molecule has 0 amide bonds. The standard InChI is InChI=1S/C17H29N3/c1-5-8-18-12-16-11-14(2)6-7-17(16)20-10-9-19(4)15(3)13-20/h6-7,11,15,18H,5,8-10,12-13H2,1-4H3. The van der Waals surface area contributed by atoms with E-state index in [9.17, 15) is 0 Å². The zero-order valence-corrected chi connectivity index (χ0v) is 13.4. The van der Waals surface area contributed by atoms with Crippen LogP contribution in [0.2, 0.25) is 0 Å². The summed E-state index contributed by atoms with van der Waals surface area (Å²) >= 11 is 0. The predicted molar refractivity (Wildman–Crippen MR) is 87.5 cm³/mol. The van der Waals surface area contributed by atoms with Gasteiger partial charge in [-0.15, -0.1) is 0 Å². The third kappa shape index (κ3) is 3.74. The fourth-order valence-corrected chi connectivity index (χ4v) is 2.83. The van der Waals surface area contributed by atoms with Gasteiger partial charge in [0.05, 0.1) is 0 Å². The number of nitrogens with one attached hydrogen (secondary N) is 1. The van der Waals surface area contributed by atoms with Crippen molar-refractivity contribution in [3.8, 4) is 0 Å². The van der Waals surface area contributed by atoms with Gasteiger partial charge in [-0.25, -0.2) is 0 Å². The summed E-state index contributed by atoms with van der Waals surface area (Å²) in [7, 11) is 2.22. The number of benzene rings is 1. The van der Waals surface area contributed by atoms with Crippen molar-refractivity contribution in [2.45, 2.75) is 39.8 Å². The number of piperazine rings is 1. The molecule has 1 fully saturated rings. The lowest BCUT2D eigenvalue weighted by atomic mass is 10.1. The van der Waals surface area contributed by atoms with Crippen LogP contribution in [0.3, 0.4) is 0 Å². The summed E-state index contributed by atoms with van der Waals surface area (Å²) in [5, 5.41) is 3.54.